The molecule has 0 N–H and O–H groups in total. The van der Waals surface area contributed by atoms with Crippen molar-refractivity contribution < 1.29 is 32.2 Å². The highest BCUT2D eigenvalue weighted by atomic mass is 19.4. The molecule has 0 aliphatic carbocycles. The number of carbonyl (C=O) groups excluding carboxylic acids is 1. The molecular weight excluding hydrogens is 415 g/mol. The summed E-state index contributed by atoms with van der Waals surface area (Å²) in [6, 6.07) is 12.1. The number of rotatable bonds is 5. The summed E-state index contributed by atoms with van der Waals surface area (Å²) in [5.74, 6) is 0.697. The van der Waals surface area contributed by atoms with Gasteiger partial charge >= 0.3 is 6.18 Å². The molecule has 1 aliphatic rings. The van der Waals surface area contributed by atoms with Crippen molar-refractivity contribution >= 4 is 11.6 Å². The SMILES string of the molecule is CCOc1cc(C(F)(F)F)nn1-c1cccc(C(=O)N(C)c2ccc3c(c2)OCO3)c1. The minimum absolute atomic E-state index is 0.0662. The van der Waals surface area contributed by atoms with Gasteiger partial charge in [0.2, 0.25) is 12.7 Å². The largest absolute Gasteiger partial charge is 0.478 e. The van der Waals surface area contributed by atoms with E-state index in [0.29, 0.717) is 17.2 Å². The summed E-state index contributed by atoms with van der Waals surface area (Å²) < 4.78 is 56.3. The first kappa shape index (κ1) is 20.6. The Morgan fingerprint density at radius 1 is 1.16 bits per heavy atom. The van der Waals surface area contributed by atoms with Gasteiger partial charge in [0.15, 0.2) is 17.2 Å². The van der Waals surface area contributed by atoms with Gasteiger partial charge in [0.25, 0.3) is 5.91 Å². The number of halogens is 3. The molecular formula is C21H18F3N3O4. The number of anilines is 1. The topological polar surface area (TPSA) is 65.8 Å². The van der Waals surface area contributed by atoms with Crippen LogP contribution in [0.5, 0.6) is 17.4 Å². The van der Waals surface area contributed by atoms with Gasteiger partial charge in [-0.25, -0.2) is 4.68 Å². The fourth-order valence-corrected chi connectivity index (χ4v) is 3.11. The molecule has 0 fully saturated rings. The minimum atomic E-state index is -4.62. The molecule has 1 aliphatic heterocycles. The maximum Gasteiger partial charge on any atom is 0.435 e. The predicted octanol–water partition coefficient (Wildman–Crippen LogP) is 4.30. The van der Waals surface area contributed by atoms with Gasteiger partial charge in [-0.15, -0.1) is 0 Å². The maximum absolute atomic E-state index is 13.1. The number of benzene rings is 2. The third-order valence-electron chi connectivity index (χ3n) is 4.65. The Balaban J connectivity index is 1.65. The van der Waals surface area contributed by atoms with Crippen LogP contribution in [0, 0.1) is 0 Å². The number of amides is 1. The second-order valence-corrected chi connectivity index (χ2v) is 6.66. The zero-order valence-electron chi connectivity index (χ0n) is 16.6. The van der Waals surface area contributed by atoms with E-state index in [4.69, 9.17) is 14.2 Å². The maximum atomic E-state index is 13.1. The summed E-state index contributed by atoms with van der Waals surface area (Å²) in [5.41, 5.74) is 0.0336. The van der Waals surface area contributed by atoms with Crippen LogP contribution in [0.2, 0.25) is 0 Å². The fraction of sp³-hybridized carbons (Fsp3) is 0.238. The van der Waals surface area contributed by atoms with E-state index in [9.17, 15) is 18.0 Å². The monoisotopic (exact) mass is 433 g/mol. The lowest BCUT2D eigenvalue weighted by Gasteiger charge is -2.18. The highest BCUT2D eigenvalue weighted by Gasteiger charge is 2.35. The highest BCUT2D eigenvalue weighted by Crippen LogP contribution is 2.36. The van der Waals surface area contributed by atoms with Crippen LogP contribution in [0.3, 0.4) is 0 Å². The summed E-state index contributed by atoms with van der Waals surface area (Å²) in [5, 5.41) is 3.62. The molecule has 0 unspecified atom stereocenters. The van der Waals surface area contributed by atoms with Gasteiger partial charge in [-0.1, -0.05) is 6.07 Å². The molecule has 0 radical (unpaired) electrons. The zero-order valence-corrected chi connectivity index (χ0v) is 16.6. The Bertz CT molecular complexity index is 1130. The summed E-state index contributed by atoms with van der Waals surface area (Å²) in [6.07, 6.45) is -4.62. The van der Waals surface area contributed by atoms with Crippen LogP contribution in [0.25, 0.3) is 5.69 Å². The van der Waals surface area contributed by atoms with Crippen molar-refractivity contribution in [1.29, 1.82) is 0 Å². The lowest BCUT2D eigenvalue weighted by molar-refractivity contribution is -0.141. The van der Waals surface area contributed by atoms with Crippen LogP contribution in [-0.4, -0.2) is 36.1 Å². The lowest BCUT2D eigenvalue weighted by atomic mass is 10.1. The minimum Gasteiger partial charge on any atom is -0.478 e. The van der Waals surface area contributed by atoms with Gasteiger partial charge in [0.05, 0.1) is 12.3 Å². The Kier molecular flexibility index (Phi) is 5.22. The van der Waals surface area contributed by atoms with E-state index in [-0.39, 0.29) is 36.4 Å². The van der Waals surface area contributed by atoms with Crippen molar-refractivity contribution in [2.75, 3.05) is 25.3 Å². The van der Waals surface area contributed by atoms with E-state index in [2.05, 4.69) is 5.10 Å². The van der Waals surface area contributed by atoms with E-state index in [1.165, 1.54) is 11.0 Å². The number of alkyl halides is 3. The first-order chi connectivity index (χ1) is 14.8. The first-order valence-corrected chi connectivity index (χ1v) is 9.36. The van der Waals surface area contributed by atoms with Gasteiger partial charge in [-0.2, -0.15) is 18.3 Å². The van der Waals surface area contributed by atoms with Crippen LogP contribution in [0.15, 0.2) is 48.5 Å². The van der Waals surface area contributed by atoms with Gasteiger partial charge in [-0.3, -0.25) is 4.79 Å². The van der Waals surface area contributed by atoms with Crippen LogP contribution in [-0.2, 0) is 6.18 Å². The normalized spacial score (nSPS) is 12.7. The van der Waals surface area contributed by atoms with Gasteiger partial charge in [0.1, 0.15) is 0 Å². The Morgan fingerprint density at radius 2 is 1.94 bits per heavy atom. The van der Waals surface area contributed by atoms with E-state index in [1.54, 1.807) is 50.4 Å². The number of nitrogens with zero attached hydrogens (tertiary/aromatic N) is 3. The van der Waals surface area contributed by atoms with Crippen LogP contribution in [0.1, 0.15) is 23.0 Å². The summed E-state index contributed by atoms with van der Waals surface area (Å²) in [4.78, 5) is 14.4. The molecule has 4 rings (SSSR count). The number of hydrogen-bond acceptors (Lipinski definition) is 5. The standard InChI is InChI=1S/C21H18F3N3O4/c1-3-29-19-11-18(21(22,23)24)25-27(19)15-6-4-5-13(9-15)20(28)26(2)14-7-8-16-17(10-14)31-12-30-16/h4-11H,3,12H2,1-2H3. The number of aromatic nitrogens is 2. The van der Waals surface area contributed by atoms with Crippen LogP contribution < -0.4 is 19.1 Å². The van der Waals surface area contributed by atoms with Crippen LogP contribution in [0.4, 0.5) is 18.9 Å². The zero-order chi connectivity index (χ0) is 22.2. The summed E-state index contributed by atoms with van der Waals surface area (Å²) in [6.45, 7) is 1.93. The summed E-state index contributed by atoms with van der Waals surface area (Å²) >= 11 is 0. The predicted molar refractivity (Wildman–Crippen MR) is 105 cm³/mol. The molecule has 1 aromatic heterocycles. The molecule has 0 saturated heterocycles. The van der Waals surface area contributed by atoms with E-state index >= 15 is 0 Å². The van der Waals surface area contributed by atoms with Gasteiger partial charge in [-0.05, 0) is 37.3 Å². The average Bonchev–Trinajstić information content (AvgIpc) is 3.39. The van der Waals surface area contributed by atoms with Gasteiger partial charge in [0, 0.05) is 30.4 Å². The van der Waals surface area contributed by atoms with Crippen LogP contribution >= 0.6 is 0 Å². The second-order valence-electron chi connectivity index (χ2n) is 6.66. The highest BCUT2D eigenvalue weighted by molar-refractivity contribution is 6.06. The molecule has 0 bridgehead atoms. The van der Waals surface area contributed by atoms with E-state index in [1.807, 2.05) is 0 Å². The lowest BCUT2D eigenvalue weighted by Crippen LogP contribution is -2.26. The quantitative estimate of drug-likeness (QED) is 0.601. The molecule has 7 nitrogen and oxygen atoms in total. The van der Waals surface area contributed by atoms with Gasteiger partial charge < -0.3 is 19.1 Å². The number of fused-ring (bicyclic) bond motifs is 1. The molecule has 2 aromatic carbocycles. The molecule has 2 heterocycles. The van der Waals surface area contributed by atoms with Crippen molar-refractivity contribution in [3.8, 4) is 23.1 Å². The molecule has 0 atom stereocenters. The second kappa shape index (κ2) is 7.86. The number of carbonyl (C=O) groups is 1. The van der Waals surface area contributed by atoms with Crippen molar-refractivity contribution in [2.24, 2.45) is 0 Å². The number of ether oxygens (including phenoxy) is 3. The van der Waals surface area contributed by atoms with E-state index < -0.39 is 11.9 Å². The smallest absolute Gasteiger partial charge is 0.435 e. The van der Waals surface area contributed by atoms with Crippen molar-refractivity contribution in [1.82, 2.24) is 9.78 Å². The van der Waals surface area contributed by atoms with Crippen molar-refractivity contribution in [3.63, 3.8) is 0 Å². The number of hydrogen-bond donors (Lipinski definition) is 0. The molecule has 1 amide bonds. The molecule has 31 heavy (non-hydrogen) atoms. The molecule has 162 valence electrons. The van der Waals surface area contributed by atoms with Crippen molar-refractivity contribution in [2.45, 2.75) is 13.1 Å². The first-order valence-electron chi connectivity index (χ1n) is 9.36. The molecule has 10 heteroatoms. The van der Waals surface area contributed by atoms with E-state index in [0.717, 1.165) is 10.7 Å². The molecule has 0 saturated carbocycles. The molecule has 0 spiro atoms. The average molecular weight is 433 g/mol. The Morgan fingerprint density at radius 3 is 2.68 bits per heavy atom. The Hall–Kier alpha value is -3.69. The Labute approximate surface area is 175 Å². The molecule has 3 aromatic rings. The third kappa shape index (κ3) is 4.00. The third-order valence-corrected chi connectivity index (χ3v) is 4.65. The fourth-order valence-electron chi connectivity index (χ4n) is 3.11. The summed E-state index contributed by atoms with van der Waals surface area (Å²) in [7, 11) is 1.59. The van der Waals surface area contributed by atoms with Crippen molar-refractivity contribution in [3.05, 3.63) is 59.8 Å².